The minimum absolute atomic E-state index is 0.0124. The number of carbonyl (C=O) groups is 3. The summed E-state index contributed by atoms with van der Waals surface area (Å²) in [6.45, 7) is -0.114. The van der Waals surface area contributed by atoms with Crippen molar-refractivity contribution >= 4 is 17.8 Å². The SMILES string of the molecule is O=C(O)CC1C(=O)NCCN1C(=O)CC(F)(F)F. The van der Waals surface area contributed by atoms with Gasteiger partial charge in [-0.05, 0) is 0 Å². The van der Waals surface area contributed by atoms with Gasteiger partial charge in [-0.15, -0.1) is 0 Å². The third kappa shape index (κ3) is 3.90. The first-order valence-corrected chi connectivity index (χ1v) is 5.06. The van der Waals surface area contributed by atoms with Gasteiger partial charge >= 0.3 is 12.1 Å². The molecule has 1 saturated heterocycles. The molecule has 2 amide bonds. The van der Waals surface area contributed by atoms with Gasteiger partial charge in [0.1, 0.15) is 12.5 Å². The third-order valence-electron chi connectivity index (χ3n) is 2.37. The molecular formula is C9H11F3N2O4. The molecule has 0 spiro atoms. The van der Waals surface area contributed by atoms with Gasteiger partial charge in [0.15, 0.2) is 0 Å². The smallest absolute Gasteiger partial charge is 0.397 e. The van der Waals surface area contributed by atoms with Gasteiger partial charge in [0.25, 0.3) is 0 Å². The Labute approximate surface area is 99.7 Å². The van der Waals surface area contributed by atoms with Gasteiger partial charge in [0.2, 0.25) is 11.8 Å². The zero-order valence-electron chi connectivity index (χ0n) is 9.16. The molecule has 1 fully saturated rings. The van der Waals surface area contributed by atoms with Crippen LogP contribution >= 0.6 is 0 Å². The molecule has 0 aromatic rings. The van der Waals surface area contributed by atoms with Crippen LogP contribution in [0.15, 0.2) is 0 Å². The number of carboxylic acid groups (broad SMARTS) is 1. The number of nitrogens with one attached hydrogen (secondary N) is 1. The fraction of sp³-hybridized carbons (Fsp3) is 0.667. The van der Waals surface area contributed by atoms with E-state index in [0.29, 0.717) is 4.90 Å². The second-order valence-electron chi connectivity index (χ2n) is 3.78. The van der Waals surface area contributed by atoms with Crippen LogP contribution in [0.25, 0.3) is 0 Å². The first-order chi connectivity index (χ1) is 8.20. The zero-order valence-corrected chi connectivity index (χ0v) is 9.16. The van der Waals surface area contributed by atoms with E-state index in [1.54, 1.807) is 0 Å². The van der Waals surface area contributed by atoms with E-state index in [1.165, 1.54) is 0 Å². The third-order valence-corrected chi connectivity index (χ3v) is 2.37. The minimum Gasteiger partial charge on any atom is -0.481 e. The van der Waals surface area contributed by atoms with Crippen molar-refractivity contribution in [2.45, 2.75) is 25.1 Å². The highest BCUT2D eigenvalue weighted by atomic mass is 19.4. The number of piperazine rings is 1. The Hall–Kier alpha value is -1.80. The largest absolute Gasteiger partial charge is 0.481 e. The summed E-state index contributed by atoms with van der Waals surface area (Å²) in [5.74, 6) is -3.40. The van der Waals surface area contributed by atoms with Crippen molar-refractivity contribution in [2.75, 3.05) is 13.1 Å². The number of carbonyl (C=O) groups excluding carboxylic acids is 2. The molecule has 0 saturated carbocycles. The highest BCUT2D eigenvalue weighted by Gasteiger charge is 2.39. The summed E-state index contributed by atoms with van der Waals surface area (Å²) < 4.78 is 36.3. The van der Waals surface area contributed by atoms with Gasteiger partial charge in [0.05, 0.1) is 6.42 Å². The van der Waals surface area contributed by atoms with E-state index in [1.807, 2.05) is 0 Å². The predicted octanol–water partition coefficient (Wildman–Crippen LogP) is -0.260. The summed E-state index contributed by atoms with van der Waals surface area (Å²) in [6, 6.07) is -1.38. The van der Waals surface area contributed by atoms with E-state index in [-0.39, 0.29) is 13.1 Å². The molecule has 0 aliphatic carbocycles. The number of aliphatic carboxylic acids is 1. The molecule has 1 rings (SSSR count). The Balaban J connectivity index is 2.79. The van der Waals surface area contributed by atoms with E-state index >= 15 is 0 Å². The van der Waals surface area contributed by atoms with Crippen molar-refractivity contribution in [1.82, 2.24) is 10.2 Å². The molecule has 1 unspecified atom stereocenters. The minimum atomic E-state index is -4.68. The average molecular weight is 268 g/mol. The molecule has 1 atom stereocenters. The summed E-state index contributed by atoms with van der Waals surface area (Å²) in [4.78, 5) is 33.9. The molecule has 0 bridgehead atoms. The van der Waals surface area contributed by atoms with Crippen LogP contribution < -0.4 is 5.32 Å². The number of nitrogens with zero attached hydrogens (tertiary/aromatic N) is 1. The topological polar surface area (TPSA) is 86.7 Å². The number of halogens is 3. The van der Waals surface area contributed by atoms with Crippen molar-refractivity contribution < 1.29 is 32.7 Å². The molecule has 1 aliphatic rings. The summed E-state index contributed by atoms with van der Waals surface area (Å²) in [6.07, 6.45) is -7.09. The fourth-order valence-electron chi connectivity index (χ4n) is 1.65. The number of rotatable bonds is 3. The predicted molar refractivity (Wildman–Crippen MR) is 51.4 cm³/mol. The Kier molecular flexibility index (Phi) is 4.15. The van der Waals surface area contributed by atoms with Crippen LogP contribution in [0.5, 0.6) is 0 Å². The lowest BCUT2D eigenvalue weighted by Crippen LogP contribution is -2.58. The van der Waals surface area contributed by atoms with Crippen molar-refractivity contribution in [3.05, 3.63) is 0 Å². The zero-order chi connectivity index (χ0) is 13.9. The summed E-state index contributed by atoms with van der Waals surface area (Å²) in [5.41, 5.74) is 0. The standard InChI is InChI=1S/C9H11F3N2O4/c10-9(11,12)4-6(15)14-2-1-13-8(18)5(14)3-7(16)17/h5H,1-4H2,(H,13,18)(H,16,17). The molecule has 6 nitrogen and oxygen atoms in total. The molecule has 18 heavy (non-hydrogen) atoms. The van der Waals surface area contributed by atoms with Gasteiger partial charge < -0.3 is 15.3 Å². The van der Waals surface area contributed by atoms with Crippen molar-refractivity contribution in [1.29, 1.82) is 0 Å². The molecule has 1 aliphatic heterocycles. The number of amides is 2. The van der Waals surface area contributed by atoms with Gasteiger partial charge in [-0.2, -0.15) is 13.2 Å². The maximum atomic E-state index is 12.1. The first kappa shape index (κ1) is 14.3. The highest BCUT2D eigenvalue weighted by molar-refractivity contribution is 5.91. The van der Waals surface area contributed by atoms with Crippen molar-refractivity contribution in [3.8, 4) is 0 Å². The van der Waals surface area contributed by atoms with Crippen LogP contribution in [-0.2, 0) is 14.4 Å². The van der Waals surface area contributed by atoms with E-state index in [2.05, 4.69) is 5.32 Å². The van der Waals surface area contributed by atoms with Crippen LogP contribution in [0.1, 0.15) is 12.8 Å². The number of alkyl halides is 3. The summed E-state index contributed by atoms with van der Waals surface area (Å²) >= 11 is 0. The normalized spacial score (nSPS) is 20.5. The second-order valence-corrected chi connectivity index (χ2v) is 3.78. The molecule has 9 heteroatoms. The average Bonchev–Trinajstić information content (AvgIpc) is 2.17. The lowest BCUT2D eigenvalue weighted by atomic mass is 10.1. The van der Waals surface area contributed by atoms with Gasteiger partial charge in [-0.1, -0.05) is 0 Å². The number of carboxylic acids is 1. The molecule has 2 N–H and O–H groups in total. The van der Waals surface area contributed by atoms with E-state index in [9.17, 15) is 27.6 Å². The van der Waals surface area contributed by atoms with Crippen molar-refractivity contribution in [3.63, 3.8) is 0 Å². The summed E-state index contributed by atoms with van der Waals surface area (Å²) in [7, 11) is 0. The van der Waals surface area contributed by atoms with E-state index in [4.69, 9.17) is 5.11 Å². The first-order valence-electron chi connectivity index (χ1n) is 5.06. The van der Waals surface area contributed by atoms with E-state index < -0.39 is 42.8 Å². The molecule has 102 valence electrons. The van der Waals surface area contributed by atoms with E-state index in [0.717, 1.165) is 0 Å². The maximum absolute atomic E-state index is 12.1. The maximum Gasteiger partial charge on any atom is 0.397 e. The lowest BCUT2D eigenvalue weighted by molar-refractivity contribution is -0.166. The highest BCUT2D eigenvalue weighted by Crippen LogP contribution is 2.22. The van der Waals surface area contributed by atoms with Gasteiger partial charge in [-0.3, -0.25) is 14.4 Å². The van der Waals surface area contributed by atoms with Gasteiger partial charge in [-0.25, -0.2) is 0 Å². The molecule has 0 aromatic heterocycles. The fourth-order valence-corrected chi connectivity index (χ4v) is 1.65. The molecule has 0 radical (unpaired) electrons. The Morgan fingerprint density at radius 3 is 2.56 bits per heavy atom. The van der Waals surface area contributed by atoms with Crippen LogP contribution in [0, 0.1) is 0 Å². The molecule has 0 aromatic carbocycles. The lowest BCUT2D eigenvalue weighted by Gasteiger charge is -2.34. The quantitative estimate of drug-likeness (QED) is 0.738. The van der Waals surface area contributed by atoms with Gasteiger partial charge in [0, 0.05) is 13.1 Å². The Bertz CT molecular complexity index is 369. The van der Waals surface area contributed by atoms with Crippen LogP contribution in [-0.4, -0.2) is 53.1 Å². The van der Waals surface area contributed by atoms with Crippen molar-refractivity contribution in [2.24, 2.45) is 0 Å². The number of hydrogen-bond acceptors (Lipinski definition) is 3. The summed E-state index contributed by atoms with van der Waals surface area (Å²) in [5, 5.41) is 10.9. The monoisotopic (exact) mass is 268 g/mol. The number of hydrogen-bond donors (Lipinski definition) is 2. The van der Waals surface area contributed by atoms with Crippen LogP contribution in [0.4, 0.5) is 13.2 Å². The van der Waals surface area contributed by atoms with Crippen LogP contribution in [0.2, 0.25) is 0 Å². The Morgan fingerprint density at radius 1 is 1.44 bits per heavy atom. The van der Waals surface area contributed by atoms with Crippen LogP contribution in [0.3, 0.4) is 0 Å². The molecule has 1 heterocycles. The second kappa shape index (κ2) is 5.23. The molecular weight excluding hydrogens is 257 g/mol. The Morgan fingerprint density at radius 2 is 2.06 bits per heavy atom.